The highest BCUT2D eigenvalue weighted by Gasteiger charge is 2.48. The van der Waals surface area contributed by atoms with Crippen molar-refractivity contribution in [3.8, 4) is 0 Å². The summed E-state index contributed by atoms with van der Waals surface area (Å²) in [7, 11) is 0.444. The van der Waals surface area contributed by atoms with E-state index in [2.05, 4.69) is 20.8 Å². The van der Waals surface area contributed by atoms with E-state index in [0.717, 1.165) is 19.3 Å². The molecular weight excluding hydrogens is 368 g/mol. The summed E-state index contributed by atoms with van der Waals surface area (Å²) in [6.07, 6.45) is 1.52. The van der Waals surface area contributed by atoms with Crippen LogP contribution in [-0.4, -0.2) is 76.1 Å². The maximum absolute atomic E-state index is 6.20. The van der Waals surface area contributed by atoms with E-state index >= 15 is 0 Å². The zero-order valence-corrected chi connectivity index (χ0v) is 19.3. The largest absolute Gasteiger partial charge is 0.402 e. The summed E-state index contributed by atoms with van der Waals surface area (Å²) >= 11 is 0. The van der Waals surface area contributed by atoms with Crippen LogP contribution in [0.25, 0.3) is 0 Å². The van der Waals surface area contributed by atoms with Crippen LogP contribution >= 0.6 is 0 Å². The van der Waals surface area contributed by atoms with Crippen molar-refractivity contribution in [1.29, 1.82) is 0 Å². The minimum Gasteiger partial charge on any atom is -0.380 e. The lowest BCUT2D eigenvalue weighted by molar-refractivity contribution is -0.490. The van der Waals surface area contributed by atoms with E-state index in [1.54, 1.807) is 0 Å². The molecule has 0 radical (unpaired) electrons. The molecule has 0 saturated carbocycles. The summed E-state index contributed by atoms with van der Waals surface area (Å²) in [6.45, 7) is 12.2. The predicted molar refractivity (Wildman–Crippen MR) is 102 cm³/mol. The Kier molecular flexibility index (Phi) is 7.01. The van der Waals surface area contributed by atoms with Crippen LogP contribution in [0.5, 0.6) is 0 Å². The standard InChI is InChI=1S/C19H36O7Si/c1-4-16(7-20-8-16)13-23-19(26-27,24-14-17(5-2)9-21-10-17)25-15-18(6-3)11-22-12-18/h4-15H2,1-3,27H3. The van der Waals surface area contributed by atoms with Gasteiger partial charge < -0.3 is 32.8 Å². The van der Waals surface area contributed by atoms with Gasteiger partial charge in [0, 0.05) is 16.2 Å². The van der Waals surface area contributed by atoms with Crippen LogP contribution in [0.3, 0.4) is 0 Å². The van der Waals surface area contributed by atoms with Crippen molar-refractivity contribution in [1.82, 2.24) is 0 Å². The molecule has 0 bridgehead atoms. The molecular formula is C19H36O7Si. The number of hydrogen-bond donors (Lipinski definition) is 0. The molecule has 7 nitrogen and oxygen atoms in total. The number of hydrogen-bond acceptors (Lipinski definition) is 7. The van der Waals surface area contributed by atoms with Gasteiger partial charge in [0.25, 0.3) is 0 Å². The molecule has 0 aromatic rings. The van der Waals surface area contributed by atoms with Crippen LogP contribution in [0.4, 0.5) is 0 Å². The van der Waals surface area contributed by atoms with Crippen molar-refractivity contribution < 1.29 is 32.8 Å². The molecule has 0 aromatic heterocycles. The van der Waals surface area contributed by atoms with E-state index < -0.39 is 6.16 Å². The molecule has 3 rings (SSSR count). The highest BCUT2D eigenvalue weighted by Crippen LogP contribution is 2.38. The summed E-state index contributed by atoms with van der Waals surface area (Å²) in [5, 5.41) is 0. The van der Waals surface area contributed by atoms with Gasteiger partial charge in [-0.25, -0.2) is 0 Å². The number of rotatable bonds is 13. The van der Waals surface area contributed by atoms with Crippen LogP contribution in [-0.2, 0) is 32.8 Å². The highest BCUT2D eigenvalue weighted by molar-refractivity contribution is 5.98. The Morgan fingerprint density at radius 3 is 1.11 bits per heavy atom. The lowest BCUT2D eigenvalue weighted by atomic mass is 9.84. The van der Waals surface area contributed by atoms with Gasteiger partial charge in [-0.3, -0.25) is 0 Å². The van der Waals surface area contributed by atoms with Crippen LogP contribution in [0.15, 0.2) is 0 Å². The smallest absolute Gasteiger partial charge is 0.380 e. The normalized spacial score (nSPS) is 25.4. The van der Waals surface area contributed by atoms with Gasteiger partial charge in [-0.2, -0.15) is 0 Å². The van der Waals surface area contributed by atoms with Crippen LogP contribution < -0.4 is 0 Å². The lowest BCUT2D eigenvalue weighted by Crippen LogP contribution is -2.55. The lowest BCUT2D eigenvalue weighted by Gasteiger charge is -2.47. The van der Waals surface area contributed by atoms with Crippen molar-refractivity contribution in [2.75, 3.05) is 59.5 Å². The Balaban J connectivity index is 1.64. The quantitative estimate of drug-likeness (QED) is 0.338. The van der Waals surface area contributed by atoms with Gasteiger partial charge in [0.05, 0.1) is 59.5 Å². The maximum Gasteiger partial charge on any atom is 0.402 e. The van der Waals surface area contributed by atoms with Crippen LogP contribution in [0.2, 0.25) is 0 Å². The molecule has 3 saturated heterocycles. The Morgan fingerprint density at radius 1 is 0.667 bits per heavy atom. The van der Waals surface area contributed by atoms with Crippen molar-refractivity contribution in [2.45, 2.75) is 46.2 Å². The zero-order chi connectivity index (χ0) is 19.4. The van der Waals surface area contributed by atoms with Crippen molar-refractivity contribution >= 4 is 10.5 Å². The van der Waals surface area contributed by atoms with Gasteiger partial charge in [0.2, 0.25) is 0 Å². The molecule has 0 aromatic carbocycles. The van der Waals surface area contributed by atoms with E-state index in [4.69, 9.17) is 32.8 Å². The molecule has 0 amide bonds. The first-order chi connectivity index (χ1) is 13.0. The van der Waals surface area contributed by atoms with Gasteiger partial charge in [-0.05, 0) is 19.3 Å². The topological polar surface area (TPSA) is 64.6 Å². The minimum absolute atomic E-state index is 0.0299. The first kappa shape index (κ1) is 21.6. The van der Waals surface area contributed by atoms with Gasteiger partial charge in [0.1, 0.15) is 0 Å². The minimum atomic E-state index is -1.44. The Morgan fingerprint density at radius 2 is 0.963 bits per heavy atom. The SMILES string of the molecule is CCC1(COC(O[SiH3])(OCC2(CC)COC2)OCC2(CC)COC2)COC1. The van der Waals surface area contributed by atoms with E-state index in [0.29, 0.717) is 69.9 Å². The first-order valence-corrected chi connectivity index (χ1v) is 11.0. The van der Waals surface area contributed by atoms with E-state index in [-0.39, 0.29) is 16.2 Å². The monoisotopic (exact) mass is 404 g/mol. The second kappa shape index (κ2) is 8.75. The molecule has 3 fully saturated rings. The summed E-state index contributed by atoms with van der Waals surface area (Å²) in [4.78, 5) is 0. The molecule has 0 unspecified atom stereocenters. The number of ether oxygens (including phenoxy) is 6. The molecule has 0 spiro atoms. The van der Waals surface area contributed by atoms with Crippen LogP contribution in [0, 0.1) is 16.2 Å². The van der Waals surface area contributed by atoms with E-state index in [1.165, 1.54) is 0 Å². The molecule has 158 valence electrons. The van der Waals surface area contributed by atoms with Crippen molar-refractivity contribution in [3.05, 3.63) is 0 Å². The fourth-order valence-corrected chi connectivity index (χ4v) is 3.72. The third kappa shape index (κ3) is 4.58. The fourth-order valence-electron chi connectivity index (χ4n) is 3.37. The van der Waals surface area contributed by atoms with E-state index in [9.17, 15) is 0 Å². The Labute approximate surface area is 165 Å². The predicted octanol–water partition coefficient (Wildman–Crippen LogP) is 1.22. The molecule has 3 heterocycles. The average molecular weight is 405 g/mol. The van der Waals surface area contributed by atoms with Crippen molar-refractivity contribution in [2.24, 2.45) is 16.2 Å². The molecule has 0 N–H and O–H groups in total. The molecule has 0 atom stereocenters. The third-order valence-corrected chi connectivity index (χ3v) is 7.11. The summed E-state index contributed by atoms with van der Waals surface area (Å²) in [5.41, 5.74) is 0.0896. The van der Waals surface area contributed by atoms with Crippen LogP contribution in [0.1, 0.15) is 40.0 Å². The highest BCUT2D eigenvalue weighted by atomic mass is 28.2. The van der Waals surface area contributed by atoms with E-state index in [1.807, 2.05) is 0 Å². The summed E-state index contributed by atoms with van der Waals surface area (Å²) < 4.78 is 40.7. The molecule has 0 aliphatic carbocycles. The molecule has 27 heavy (non-hydrogen) atoms. The summed E-state index contributed by atoms with van der Waals surface area (Å²) in [6, 6.07) is 0. The fraction of sp³-hybridized carbons (Fsp3) is 1.00. The molecule has 3 aliphatic heterocycles. The second-order valence-corrected chi connectivity index (χ2v) is 9.02. The molecule has 8 heteroatoms. The second-order valence-electron chi connectivity index (χ2n) is 8.61. The first-order valence-electron chi connectivity index (χ1n) is 10.2. The summed E-state index contributed by atoms with van der Waals surface area (Å²) in [5.74, 6) is 0. The van der Waals surface area contributed by atoms with Crippen molar-refractivity contribution in [3.63, 3.8) is 0 Å². The third-order valence-electron chi connectivity index (χ3n) is 6.61. The Bertz CT molecular complexity index is 394. The average Bonchev–Trinajstić information content (AvgIpc) is 2.59. The van der Waals surface area contributed by atoms with Gasteiger partial charge in [0.15, 0.2) is 10.5 Å². The molecule has 3 aliphatic rings. The zero-order valence-electron chi connectivity index (χ0n) is 17.3. The van der Waals surface area contributed by atoms with Gasteiger partial charge in [-0.1, -0.05) is 20.8 Å². The van der Waals surface area contributed by atoms with Gasteiger partial charge >= 0.3 is 6.16 Å². The van der Waals surface area contributed by atoms with Gasteiger partial charge in [-0.15, -0.1) is 0 Å². The Hall–Kier alpha value is -0.0631. The maximum atomic E-state index is 6.20.